The fraction of sp³-hybridized carbons (Fsp3) is 0.571. The highest BCUT2D eigenvalue weighted by molar-refractivity contribution is 6.39. The second-order valence-corrected chi connectivity index (χ2v) is 2.76. The van der Waals surface area contributed by atoms with Crippen LogP contribution in [0.1, 0.15) is 19.3 Å². The van der Waals surface area contributed by atoms with Crippen molar-refractivity contribution < 1.29 is 9.63 Å². The molecule has 0 aromatic heterocycles. The molecule has 2 rings (SSSR count). The van der Waals surface area contributed by atoms with Crippen LogP contribution in [0.25, 0.3) is 0 Å². The summed E-state index contributed by atoms with van der Waals surface area (Å²) in [4.78, 5) is 15.7. The van der Waals surface area contributed by atoms with Crippen LogP contribution in [0.4, 0.5) is 0 Å². The van der Waals surface area contributed by atoms with E-state index in [0.29, 0.717) is 18.2 Å². The van der Waals surface area contributed by atoms with Crippen LogP contribution in [-0.2, 0) is 9.63 Å². The van der Waals surface area contributed by atoms with E-state index in [0.717, 1.165) is 12.8 Å². The van der Waals surface area contributed by atoms with Crippen molar-refractivity contribution in [3.05, 3.63) is 6.61 Å². The average molecular weight is 153 g/mol. The lowest BCUT2D eigenvalue weighted by Crippen LogP contribution is -2.31. The largest absolute Gasteiger partial charge is 0.388 e. The van der Waals surface area contributed by atoms with Crippen LogP contribution in [0.5, 0.6) is 0 Å². The molecule has 0 aromatic carbocycles. The molecule has 2 aliphatic rings. The zero-order valence-corrected chi connectivity index (χ0v) is 6.04. The lowest BCUT2D eigenvalue weighted by molar-refractivity contribution is -0.115. The van der Waals surface area contributed by atoms with Crippen LogP contribution in [0.3, 0.4) is 0 Å². The van der Waals surface area contributed by atoms with Crippen LogP contribution >= 0.6 is 0 Å². The van der Waals surface area contributed by atoms with Gasteiger partial charge in [0.15, 0.2) is 6.61 Å². The number of hydrogen-bond acceptors (Lipinski definition) is 3. The van der Waals surface area contributed by atoms with Crippen molar-refractivity contribution in [2.45, 2.75) is 25.3 Å². The van der Waals surface area contributed by atoms with E-state index in [2.05, 4.69) is 15.3 Å². The SMILES string of the molecule is O=C(NC1CC1)C1=NO[CH]C1. The molecule has 4 heteroatoms. The number of rotatable bonds is 2. The molecule has 1 radical (unpaired) electrons. The third-order valence-electron chi connectivity index (χ3n) is 1.69. The predicted molar refractivity (Wildman–Crippen MR) is 38.6 cm³/mol. The number of hydrogen-bond donors (Lipinski definition) is 1. The molecular weight excluding hydrogens is 144 g/mol. The summed E-state index contributed by atoms with van der Waals surface area (Å²) in [5, 5.41) is 6.39. The molecule has 1 aliphatic heterocycles. The molecule has 0 aromatic rings. The lowest BCUT2D eigenvalue weighted by atomic mass is 10.3. The Labute approximate surface area is 64.6 Å². The Balaban J connectivity index is 1.87. The van der Waals surface area contributed by atoms with Gasteiger partial charge in [0.2, 0.25) is 0 Å². The van der Waals surface area contributed by atoms with Gasteiger partial charge in [-0.1, -0.05) is 5.16 Å². The quantitative estimate of drug-likeness (QED) is 0.616. The van der Waals surface area contributed by atoms with Crippen LogP contribution in [0.2, 0.25) is 0 Å². The topological polar surface area (TPSA) is 50.7 Å². The van der Waals surface area contributed by atoms with Crippen LogP contribution in [0.15, 0.2) is 5.16 Å². The van der Waals surface area contributed by atoms with E-state index in [1.165, 1.54) is 6.61 Å². The third kappa shape index (κ3) is 1.50. The summed E-state index contributed by atoms with van der Waals surface area (Å²) >= 11 is 0. The van der Waals surface area contributed by atoms with Gasteiger partial charge in [0.05, 0.1) is 0 Å². The first-order valence-electron chi connectivity index (χ1n) is 3.71. The molecule has 11 heavy (non-hydrogen) atoms. The standard InChI is InChI=1S/C7H9N2O2/c10-7(8-5-1-2-5)6-3-4-11-9-6/h4-5H,1-3H2,(H,8,10). The molecule has 1 amide bonds. The van der Waals surface area contributed by atoms with Gasteiger partial charge in [-0.2, -0.15) is 0 Å². The van der Waals surface area contributed by atoms with E-state index in [4.69, 9.17) is 0 Å². The summed E-state index contributed by atoms with van der Waals surface area (Å²) in [7, 11) is 0. The predicted octanol–water partition coefficient (Wildman–Crippen LogP) is 0.203. The molecular formula is C7H9N2O2. The Morgan fingerprint density at radius 3 is 3.09 bits per heavy atom. The van der Waals surface area contributed by atoms with Gasteiger partial charge >= 0.3 is 0 Å². The number of carbonyl (C=O) groups is 1. The van der Waals surface area contributed by atoms with Crippen LogP contribution in [-0.4, -0.2) is 17.7 Å². The number of amides is 1. The van der Waals surface area contributed by atoms with Gasteiger partial charge in [-0.25, -0.2) is 0 Å². The Kier molecular flexibility index (Phi) is 1.52. The average Bonchev–Trinajstić information content (AvgIpc) is 2.67. The van der Waals surface area contributed by atoms with Gasteiger partial charge in [0, 0.05) is 12.5 Å². The molecule has 1 saturated carbocycles. The maximum atomic E-state index is 11.2. The van der Waals surface area contributed by atoms with E-state index in [9.17, 15) is 4.79 Å². The first kappa shape index (κ1) is 6.64. The van der Waals surface area contributed by atoms with Gasteiger partial charge in [0.1, 0.15) is 5.71 Å². The van der Waals surface area contributed by atoms with Gasteiger partial charge in [-0.05, 0) is 12.8 Å². The van der Waals surface area contributed by atoms with Crippen LogP contribution in [0, 0.1) is 6.61 Å². The minimum Gasteiger partial charge on any atom is -0.388 e. The van der Waals surface area contributed by atoms with Crippen molar-refractivity contribution in [3.8, 4) is 0 Å². The lowest BCUT2D eigenvalue weighted by Gasteiger charge is -1.98. The molecule has 0 atom stereocenters. The molecule has 1 heterocycles. The van der Waals surface area contributed by atoms with Crippen molar-refractivity contribution in [1.29, 1.82) is 0 Å². The molecule has 1 aliphatic carbocycles. The van der Waals surface area contributed by atoms with Crippen molar-refractivity contribution in [2.75, 3.05) is 0 Å². The number of nitrogens with one attached hydrogen (secondary N) is 1. The van der Waals surface area contributed by atoms with Crippen molar-refractivity contribution in [2.24, 2.45) is 5.16 Å². The Hall–Kier alpha value is -1.06. The fourth-order valence-electron chi connectivity index (χ4n) is 0.885. The number of nitrogens with zero attached hydrogens (tertiary/aromatic N) is 1. The van der Waals surface area contributed by atoms with Crippen molar-refractivity contribution in [3.63, 3.8) is 0 Å². The normalized spacial score (nSPS) is 22.4. The zero-order valence-electron chi connectivity index (χ0n) is 6.04. The third-order valence-corrected chi connectivity index (χ3v) is 1.69. The maximum absolute atomic E-state index is 11.2. The van der Waals surface area contributed by atoms with Gasteiger partial charge in [-0.15, -0.1) is 0 Å². The molecule has 0 saturated heterocycles. The second-order valence-electron chi connectivity index (χ2n) is 2.76. The summed E-state index contributed by atoms with van der Waals surface area (Å²) in [6, 6.07) is 0.394. The molecule has 0 bridgehead atoms. The monoisotopic (exact) mass is 153 g/mol. The molecule has 1 fully saturated rings. The van der Waals surface area contributed by atoms with Crippen molar-refractivity contribution in [1.82, 2.24) is 5.32 Å². The molecule has 1 N–H and O–H groups in total. The highest BCUT2D eigenvalue weighted by atomic mass is 16.6. The summed E-state index contributed by atoms with van der Waals surface area (Å²) < 4.78 is 0. The van der Waals surface area contributed by atoms with Gasteiger partial charge in [0.25, 0.3) is 5.91 Å². The zero-order chi connectivity index (χ0) is 7.68. The Morgan fingerprint density at radius 1 is 1.73 bits per heavy atom. The highest BCUT2D eigenvalue weighted by Crippen LogP contribution is 2.19. The van der Waals surface area contributed by atoms with Gasteiger partial charge < -0.3 is 10.2 Å². The Bertz CT molecular complexity index is 208. The first-order chi connectivity index (χ1) is 5.36. The van der Waals surface area contributed by atoms with E-state index < -0.39 is 0 Å². The van der Waals surface area contributed by atoms with E-state index in [1.54, 1.807) is 0 Å². The number of carbonyl (C=O) groups excluding carboxylic acids is 1. The minimum atomic E-state index is -0.0822. The van der Waals surface area contributed by atoms with Crippen LogP contribution < -0.4 is 5.32 Å². The van der Waals surface area contributed by atoms with E-state index >= 15 is 0 Å². The molecule has 4 nitrogen and oxygen atoms in total. The summed E-state index contributed by atoms with van der Waals surface area (Å²) in [6.07, 6.45) is 2.73. The molecule has 0 spiro atoms. The highest BCUT2D eigenvalue weighted by Gasteiger charge is 2.26. The minimum absolute atomic E-state index is 0.0822. The van der Waals surface area contributed by atoms with E-state index in [1.807, 2.05) is 0 Å². The van der Waals surface area contributed by atoms with Crippen molar-refractivity contribution >= 4 is 11.6 Å². The van der Waals surface area contributed by atoms with E-state index in [-0.39, 0.29) is 5.91 Å². The smallest absolute Gasteiger partial charge is 0.269 e. The first-order valence-corrected chi connectivity index (χ1v) is 3.71. The summed E-state index contributed by atoms with van der Waals surface area (Å²) in [6.45, 7) is 1.52. The molecule has 59 valence electrons. The number of oxime groups is 1. The van der Waals surface area contributed by atoms with Gasteiger partial charge in [-0.3, -0.25) is 4.79 Å². The summed E-state index contributed by atoms with van der Waals surface area (Å²) in [5.74, 6) is -0.0822. The maximum Gasteiger partial charge on any atom is 0.269 e. The Morgan fingerprint density at radius 2 is 2.55 bits per heavy atom. The summed E-state index contributed by atoms with van der Waals surface area (Å²) in [5.41, 5.74) is 0.483. The molecule has 0 unspecified atom stereocenters. The fourth-order valence-corrected chi connectivity index (χ4v) is 0.885. The second kappa shape index (κ2) is 2.53.